The average molecular weight is 363 g/mol. The Balaban J connectivity index is 1.36. The molecule has 0 radical (unpaired) electrons. The van der Waals surface area contributed by atoms with Crippen LogP contribution in [-0.2, 0) is 0 Å². The van der Waals surface area contributed by atoms with Crippen molar-refractivity contribution in [3.05, 3.63) is 65.9 Å². The minimum atomic E-state index is -0.169. The van der Waals surface area contributed by atoms with Crippen LogP contribution in [0.25, 0.3) is 5.65 Å². The number of hydrogen-bond acceptors (Lipinski definition) is 4. The molecule has 0 bridgehead atoms. The first-order chi connectivity index (χ1) is 13.1. The number of fused-ring (bicyclic) bond motifs is 1. The molecule has 1 saturated heterocycles. The molecule has 138 valence electrons. The van der Waals surface area contributed by atoms with Crippen molar-refractivity contribution in [2.45, 2.75) is 25.8 Å². The number of aryl methyl sites for hydroxylation is 1. The van der Waals surface area contributed by atoms with Crippen molar-refractivity contribution < 1.29 is 9.59 Å². The van der Waals surface area contributed by atoms with E-state index < -0.39 is 0 Å². The third kappa shape index (κ3) is 3.53. The zero-order valence-electron chi connectivity index (χ0n) is 15.1. The van der Waals surface area contributed by atoms with Crippen LogP contribution in [0.4, 0.5) is 0 Å². The number of likely N-dealkylation sites (tertiary alicyclic amines) is 1. The van der Waals surface area contributed by atoms with Gasteiger partial charge in [0.15, 0.2) is 0 Å². The molecule has 1 aliphatic heterocycles. The van der Waals surface area contributed by atoms with Gasteiger partial charge in [0, 0.05) is 49.0 Å². The van der Waals surface area contributed by atoms with E-state index in [0.29, 0.717) is 24.3 Å². The van der Waals surface area contributed by atoms with Crippen LogP contribution in [-0.4, -0.2) is 50.2 Å². The van der Waals surface area contributed by atoms with Gasteiger partial charge in [-0.3, -0.25) is 14.6 Å². The summed E-state index contributed by atoms with van der Waals surface area (Å²) in [6.45, 7) is 3.22. The zero-order chi connectivity index (χ0) is 18.8. The highest BCUT2D eigenvalue weighted by molar-refractivity contribution is 5.94. The van der Waals surface area contributed by atoms with Crippen molar-refractivity contribution in [3.63, 3.8) is 0 Å². The summed E-state index contributed by atoms with van der Waals surface area (Å²) in [6, 6.07) is 9.28. The summed E-state index contributed by atoms with van der Waals surface area (Å²) in [7, 11) is 0. The molecule has 3 aromatic rings. The Kier molecular flexibility index (Phi) is 4.58. The Labute approximate surface area is 157 Å². The number of carbonyl (C=O) groups excluding carboxylic acids is 2. The Hall–Kier alpha value is -3.22. The van der Waals surface area contributed by atoms with Gasteiger partial charge < -0.3 is 14.6 Å². The topological polar surface area (TPSA) is 79.6 Å². The Morgan fingerprint density at radius 2 is 1.85 bits per heavy atom. The molecule has 1 N–H and O–H groups in total. The third-order valence-corrected chi connectivity index (χ3v) is 4.97. The molecule has 0 aliphatic carbocycles. The largest absolute Gasteiger partial charge is 0.348 e. The smallest absolute Gasteiger partial charge is 0.271 e. The fourth-order valence-electron chi connectivity index (χ4n) is 3.42. The summed E-state index contributed by atoms with van der Waals surface area (Å²) < 4.78 is 1.91. The van der Waals surface area contributed by atoms with E-state index in [1.165, 1.54) is 0 Å². The second kappa shape index (κ2) is 7.19. The minimum Gasteiger partial charge on any atom is -0.348 e. The number of carbonyl (C=O) groups is 2. The number of rotatable bonds is 3. The van der Waals surface area contributed by atoms with E-state index >= 15 is 0 Å². The second-order valence-electron chi connectivity index (χ2n) is 6.80. The lowest BCUT2D eigenvalue weighted by Crippen LogP contribution is -2.46. The van der Waals surface area contributed by atoms with Gasteiger partial charge in [-0.15, -0.1) is 0 Å². The fraction of sp³-hybridized carbons (Fsp3) is 0.300. The molecule has 0 atom stereocenters. The van der Waals surface area contributed by atoms with Crippen LogP contribution < -0.4 is 5.32 Å². The van der Waals surface area contributed by atoms with E-state index in [1.807, 2.05) is 34.4 Å². The van der Waals surface area contributed by atoms with Gasteiger partial charge in [-0.25, -0.2) is 4.98 Å². The molecular weight excluding hydrogens is 342 g/mol. The van der Waals surface area contributed by atoms with Crippen LogP contribution in [0.15, 0.2) is 48.9 Å². The highest BCUT2D eigenvalue weighted by atomic mass is 16.2. The summed E-state index contributed by atoms with van der Waals surface area (Å²) in [5, 5.41) is 3.05. The molecule has 0 spiro atoms. The lowest BCUT2D eigenvalue weighted by Gasteiger charge is -2.32. The zero-order valence-corrected chi connectivity index (χ0v) is 15.1. The lowest BCUT2D eigenvalue weighted by molar-refractivity contribution is 0.0697. The van der Waals surface area contributed by atoms with E-state index in [1.54, 1.807) is 30.7 Å². The highest BCUT2D eigenvalue weighted by Gasteiger charge is 2.25. The number of pyridine rings is 2. The first kappa shape index (κ1) is 17.2. The quantitative estimate of drug-likeness (QED) is 0.773. The van der Waals surface area contributed by atoms with Gasteiger partial charge in [-0.2, -0.15) is 0 Å². The summed E-state index contributed by atoms with van der Waals surface area (Å²) in [5.74, 6) is -0.157. The van der Waals surface area contributed by atoms with E-state index in [0.717, 1.165) is 24.2 Å². The number of imidazole rings is 1. The predicted octanol–water partition coefficient (Wildman–Crippen LogP) is 2.07. The molecule has 1 aliphatic rings. The van der Waals surface area contributed by atoms with E-state index in [9.17, 15) is 9.59 Å². The first-order valence-corrected chi connectivity index (χ1v) is 9.07. The van der Waals surface area contributed by atoms with Crippen LogP contribution in [0.3, 0.4) is 0 Å². The minimum absolute atomic E-state index is 0.0120. The molecule has 2 amide bonds. The molecule has 4 rings (SSSR count). The molecule has 3 aromatic heterocycles. The molecule has 4 heterocycles. The van der Waals surface area contributed by atoms with Gasteiger partial charge in [0.25, 0.3) is 11.8 Å². The molecule has 0 aromatic carbocycles. The van der Waals surface area contributed by atoms with Crippen molar-refractivity contribution in [2.24, 2.45) is 0 Å². The van der Waals surface area contributed by atoms with Crippen LogP contribution in [0.2, 0.25) is 0 Å². The predicted molar refractivity (Wildman–Crippen MR) is 101 cm³/mol. The molecule has 7 nitrogen and oxygen atoms in total. The number of hydrogen-bond donors (Lipinski definition) is 1. The molecule has 27 heavy (non-hydrogen) atoms. The van der Waals surface area contributed by atoms with Crippen molar-refractivity contribution in [1.29, 1.82) is 0 Å². The number of aromatic nitrogens is 3. The van der Waals surface area contributed by atoms with E-state index in [2.05, 4.69) is 15.3 Å². The summed E-state index contributed by atoms with van der Waals surface area (Å²) in [5.41, 5.74) is 2.85. The Bertz CT molecular complexity index is 974. The highest BCUT2D eigenvalue weighted by Crippen LogP contribution is 2.15. The lowest BCUT2D eigenvalue weighted by atomic mass is 10.0. The van der Waals surface area contributed by atoms with Gasteiger partial charge in [-0.05, 0) is 44.0 Å². The summed E-state index contributed by atoms with van der Waals surface area (Å²) in [4.78, 5) is 35.2. The van der Waals surface area contributed by atoms with Gasteiger partial charge in [0.1, 0.15) is 11.3 Å². The van der Waals surface area contributed by atoms with E-state index in [-0.39, 0.29) is 17.9 Å². The number of nitrogens with one attached hydrogen (secondary N) is 1. The molecule has 1 fully saturated rings. The fourth-order valence-corrected chi connectivity index (χ4v) is 3.42. The Morgan fingerprint density at radius 3 is 2.56 bits per heavy atom. The maximum absolute atomic E-state index is 12.6. The van der Waals surface area contributed by atoms with Gasteiger partial charge in [-0.1, -0.05) is 6.07 Å². The van der Waals surface area contributed by atoms with Crippen LogP contribution in [0.1, 0.15) is 39.4 Å². The van der Waals surface area contributed by atoms with Gasteiger partial charge >= 0.3 is 0 Å². The maximum atomic E-state index is 12.6. The standard InChI is InChI=1S/C20H21N5O2/c1-14-3-2-4-18-23-17(13-25(14)18)19(26)22-16-7-11-24(12-8-16)20(27)15-5-9-21-10-6-15/h2-6,9-10,13,16H,7-8,11-12H2,1H3,(H,22,26). The maximum Gasteiger partial charge on any atom is 0.271 e. The Morgan fingerprint density at radius 1 is 1.11 bits per heavy atom. The van der Waals surface area contributed by atoms with Crippen molar-refractivity contribution >= 4 is 17.5 Å². The normalized spacial score (nSPS) is 15.1. The first-order valence-electron chi connectivity index (χ1n) is 9.07. The average Bonchev–Trinajstić information content (AvgIpc) is 3.15. The SMILES string of the molecule is Cc1cccc2nc(C(=O)NC3CCN(C(=O)c4ccncc4)CC3)cn12. The van der Waals surface area contributed by atoms with Crippen LogP contribution in [0, 0.1) is 6.92 Å². The van der Waals surface area contributed by atoms with Gasteiger partial charge in [0.2, 0.25) is 0 Å². The van der Waals surface area contributed by atoms with Crippen LogP contribution >= 0.6 is 0 Å². The molecular formula is C20H21N5O2. The van der Waals surface area contributed by atoms with Gasteiger partial charge in [0.05, 0.1) is 0 Å². The molecule has 7 heteroatoms. The molecule has 0 saturated carbocycles. The summed E-state index contributed by atoms with van der Waals surface area (Å²) in [6.07, 6.45) is 6.47. The van der Waals surface area contributed by atoms with Crippen molar-refractivity contribution in [1.82, 2.24) is 24.6 Å². The van der Waals surface area contributed by atoms with Crippen molar-refractivity contribution in [2.75, 3.05) is 13.1 Å². The number of nitrogens with zero attached hydrogens (tertiary/aromatic N) is 4. The number of amides is 2. The second-order valence-corrected chi connectivity index (χ2v) is 6.80. The monoisotopic (exact) mass is 363 g/mol. The molecule has 0 unspecified atom stereocenters. The third-order valence-electron chi connectivity index (χ3n) is 4.97. The van der Waals surface area contributed by atoms with E-state index in [4.69, 9.17) is 0 Å². The summed E-state index contributed by atoms with van der Waals surface area (Å²) >= 11 is 0. The number of piperidine rings is 1. The van der Waals surface area contributed by atoms with Crippen molar-refractivity contribution in [3.8, 4) is 0 Å². The van der Waals surface area contributed by atoms with Crippen LogP contribution in [0.5, 0.6) is 0 Å².